The second-order valence-electron chi connectivity index (χ2n) is 7.90. The lowest BCUT2D eigenvalue weighted by atomic mass is 10.1. The first-order chi connectivity index (χ1) is 15.0. The summed E-state index contributed by atoms with van der Waals surface area (Å²) in [5, 5.41) is 7.14. The first-order valence-corrected chi connectivity index (χ1v) is 10.2. The molecule has 31 heavy (non-hydrogen) atoms. The summed E-state index contributed by atoms with van der Waals surface area (Å²) in [6.45, 7) is 2.51. The molecule has 160 valence electrons. The fraction of sp³-hybridized carbons (Fsp3) is 0.318. The van der Waals surface area contributed by atoms with E-state index in [1.807, 2.05) is 0 Å². The third kappa shape index (κ3) is 3.49. The van der Waals surface area contributed by atoms with Gasteiger partial charge < -0.3 is 9.80 Å². The summed E-state index contributed by atoms with van der Waals surface area (Å²) in [5.41, 5.74) is 1.43. The fourth-order valence-electron chi connectivity index (χ4n) is 4.38. The van der Waals surface area contributed by atoms with Crippen molar-refractivity contribution in [2.75, 3.05) is 42.5 Å². The van der Waals surface area contributed by atoms with Crippen molar-refractivity contribution in [3.63, 3.8) is 0 Å². The number of nitrogens with one attached hydrogen (secondary N) is 1. The zero-order valence-electron chi connectivity index (χ0n) is 16.7. The average Bonchev–Trinajstić information content (AvgIpc) is 3.38. The van der Waals surface area contributed by atoms with Crippen LogP contribution >= 0.6 is 0 Å². The Morgan fingerprint density at radius 3 is 2.52 bits per heavy atom. The highest BCUT2D eigenvalue weighted by atomic mass is 19.1. The molecule has 7 nitrogen and oxygen atoms in total. The number of hydrogen-bond acceptors (Lipinski definition) is 4. The molecule has 2 aliphatic heterocycles. The number of aromatic nitrogens is 2. The van der Waals surface area contributed by atoms with Crippen LogP contribution in [0.4, 0.5) is 20.3 Å². The molecule has 0 aliphatic carbocycles. The van der Waals surface area contributed by atoms with Gasteiger partial charge in [-0.1, -0.05) is 6.07 Å². The van der Waals surface area contributed by atoms with Gasteiger partial charge in [-0.05, 0) is 36.4 Å². The molecule has 0 saturated carbocycles. The molecule has 2 saturated heterocycles. The van der Waals surface area contributed by atoms with E-state index >= 15 is 0 Å². The molecule has 5 rings (SSSR count). The molecular weight excluding hydrogens is 404 g/mol. The van der Waals surface area contributed by atoms with Crippen molar-refractivity contribution in [2.45, 2.75) is 6.42 Å². The van der Waals surface area contributed by atoms with Gasteiger partial charge in [0.1, 0.15) is 11.6 Å². The molecule has 3 heterocycles. The van der Waals surface area contributed by atoms with Crippen molar-refractivity contribution in [1.82, 2.24) is 15.1 Å². The maximum absolute atomic E-state index is 14.3. The Balaban J connectivity index is 1.26. The number of rotatable bonds is 3. The molecule has 9 heteroatoms. The Morgan fingerprint density at radius 2 is 1.77 bits per heavy atom. The number of anilines is 2. The first kappa shape index (κ1) is 19.5. The number of carbonyl (C=O) groups excluding carboxylic acids is 2. The van der Waals surface area contributed by atoms with E-state index in [1.54, 1.807) is 29.2 Å². The van der Waals surface area contributed by atoms with Gasteiger partial charge in [-0.25, -0.2) is 8.78 Å². The second-order valence-corrected chi connectivity index (χ2v) is 7.90. The minimum atomic E-state index is -0.483. The summed E-state index contributed by atoms with van der Waals surface area (Å²) in [6.07, 6.45) is 0.0832. The van der Waals surface area contributed by atoms with E-state index in [9.17, 15) is 18.4 Å². The molecule has 0 spiro atoms. The highest BCUT2D eigenvalue weighted by molar-refractivity contribution is 6.05. The van der Waals surface area contributed by atoms with E-state index in [1.165, 1.54) is 23.1 Å². The van der Waals surface area contributed by atoms with Gasteiger partial charge in [-0.15, -0.1) is 0 Å². The first-order valence-electron chi connectivity index (χ1n) is 10.2. The van der Waals surface area contributed by atoms with Crippen molar-refractivity contribution < 1.29 is 18.4 Å². The van der Waals surface area contributed by atoms with Crippen molar-refractivity contribution >= 4 is 34.2 Å². The summed E-state index contributed by atoms with van der Waals surface area (Å²) in [7, 11) is 0. The van der Waals surface area contributed by atoms with Gasteiger partial charge in [0.2, 0.25) is 11.8 Å². The third-order valence-corrected chi connectivity index (χ3v) is 6.03. The number of hydrogen-bond donors (Lipinski definition) is 1. The smallest absolute Gasteiger partial charge is 0.229 e. The normalized spacial score (nSPS) is 19.5. The topological polar surface area (TPSA) is 72.5 Å². The molecule has 2 fully saturated rings. The number of H-pyrrole nitrogens is 1. The SMILES string of the molecule is O=C([C@@H]1CC(=O)N(c2n[nH]c3cccc(F)c23)C1)N1CCN(c2ccc(F)cc2)CC1. The van der Waals surface area contributed by atoms with Crippen LogP contribution in [-0.4, -0.2) is 59.6 Å². The standard InChI is InChI=1S/C22H21F2N5O2/c23-15-4-6-16(7-5-15)27-8-10-28(11-9-27)22(31)14-12-19(30)29(13-14)21-20-17(24)2-1-3-18(20)25-26-21/h1-7,14H,8-13H2,(H,25,26)/t14-/m1/s1. The van der Waals surface area contributed by atoms with E-state index in [4.69, 9.17) is 0 Å². The van der Waals surface area contributed by atoms with Gasteiger partial charge in [0.25, 0.3) is 0 Å². The summed E-state index contributed by atoms with van der Waals surface area (Å²) in [5.74, 6) is -1.30. The van der Waals surface area contributed by atoms with E-state index in [0.717, 1.165) is 5.69 Å². The molecule has 3 aromatic rings. The quantitative estimate of drug-likeness (QED) is 0.700. The molecule has 1 N–H and O–H groups in total. The molecule has 1 atom stereocenters. The fourth-order valence-corrected chi connectivity index (χ4v) is 4.38. The van der Waals surface area contributed by atoms with Crippen LogP contribution in [-0.2, 0) is 9.59 Å². The van der Waals surface area contributed by atoms with Crippen LogP contribution in [0, 0.1) is 17.6 Å². The van der Waals surface area contributed by atoms with Crippen LogP contribution < -0.4 is 9.80 Å². The maximum atomic E-state index is 14.3. The van der Waals surface area contributed by atoms with Gasteiger partial charge in [0.05, 0.1) is 16.8 Å². The number of halogens is 2. The summed E-state index contributed by atoms with van der Waals surface area (Å²) >= 11 is 0. The highest BCUT2D eigenvalue weighted by Gasteiger charge is 2.39. The molecule has 0 radical (unpaired) electrons. The lowest BCUT2D eigenvalue weighted by molar-refractivity contribution is -0.136. The molecule has 0 unspecified atom stereocenters. The number of piperazine rings is 1. The van der Waals surface area contributed by atoms with Crippen LogP contribution in [0.1, 0.15) is 6.42 Å². The zero-order valence-corrected chi connectivity index (χ0v) is 16.7. The second kappa shape index (κ2) is 7.64. The van der Waals surface area contributed by atoms with E-state index in [0.29, 0.717) is 31.7 Å². The lowest BCUT2D eigenvalue weighted by Crippen LogP contribution is -2.50. The minimum Gasteiger partial charge on any atom is -0.368 e. The molecule has 0 bridgehead atoms. The van der Waals surface area contributed by atoms with E-state index < -0.39 is 11.7 Å². The van der Waals surface area contributed by atoms with Crippen molar-refractivity contribution in [1.29, 1.82) is 0 Å². The van der Waals surface area contributed by atoms with Crippen molar-refractivity contribution in [2.24, 2.45) is 5.92 Å². The Bertz CT molecular complexity index is 1140. The van der Waals surface area contributed by atoms with Crippen LogP contribution in [0.15, 0.2) is 42.5 Å². The van der Waals surface area contributed by atoms with Crippen molar-refractivity contribution in [3.05, 3.63) is 54.1 Å². The number of amides is 2. The predicted molar refractivity (Wildman–Crippen MR) is 112 cm³/mol. The zero-order chi connectivity index (χ0) is 21.5. The van der Waals surface area contributed by atoms with Crippen LogP contribution in [0.25, 0.3) is 10.9 Å². The monoisotopic (exact) mass is 425 g/mol. The molecule has 2 amide bonds. The molecule has 2 aromatic carbocycles. The minimum absolute atomic E-state index is 0.0741. The van der Waals surface area contributed by atoms with E-state index in [-0.39, 0.29) is 41.8 Å². The Hall–Kier alpha value is -3.49. The predicted octanol–water partition coefficient (Wildman–Crippen LogP) is 2.54. The summed E-state index contributed by atoms with van der Waals surface area (Å²) in [6, 6.07) is 10.9. The molecular formula is C22H21F2N5O2. The molecule has 2 aliphatic rings. The van der Waals surface area contributed by atoms with Crippen LogP contribution in [0.5, 0.6) is 0 Å². The largest absolute Gasteiger partial charge is 0.368 e. The summed E-state index contributed by atoms with van der Waals surface area (Å²) in [4.78, 5) is 31.0. The Labute approximate surface area is 177 Å². The molecule has 1 aromatic heterocycles. The highest BCUT2D eigenvalue weighted by Crippen LogP contribution is 2.32. The maximum Gasteiger partial charge on any atom is 0.229 e. The third-order valence-electron chi connectivity index (χ3n) is 6.03. The van der Waals surface area contributed by atoms with E-state index in [2.05, 4.69) is 15.1 Å². The number of carbonyl (C=O) groups is 2. The van der Waals surface area contributed by atoms with Gasteiger partial charge in [0.15, 0.2) is 5.82 Å². The van der Waals surface area contributed by atoms with Gasteiger partial charge >= 0.3 is 0 Å². The van der Waals surface area contributed by atoms with Crippen molar-refractivity contribution in [3.8, 4) is 0 Å². The van der Waals surface area contributed by atoms with Crippen LogP contribution in [0.3, 0.4) is 0 Å². The Morgan fingerprint density at radius 1 is 1.03 bits per heavy atom. The van der Waals surface area contributed by atoms with Gasteiger partial charge in [0, 0.05) is 44.8 Å². The van der Waals surface area contributed by atoms with Gasteiger partial charge in [-0.3, -0.25) is 19.6 Å². The number of fused-ring (bicyclic) bond motifs is 1. The van der Waals surface area contributed by atoms with Crippen LogP contribution in [0.2, 0.25) is 0 Å². The lowest BCUT2D eigenvalue weighted by Gasteiger charge is -2.37. The number of aromatic amines is 1. The number of nitrogens with zero attached hydrogens (tertiary/aromatic N) is 4. The van der Waals surface area contributed by atoms with Gasteiger partial charge in [-0.2, -0.15) is 5.10 Å². The average molecular weight is 425 g/mol. The number of benzene rings is 2. The summed E-state index contributed by atoms with van der Waals surface area (Å²) < 4.78 is 27.4. The Kier molecular flexibility index (Phi) is 4.80.